The summed E-state index contributed by atoms with van der Waals surface area (Å²) in [6.07, 6.45) is 4.08. The average Bonchev–Trinajstić information content (AvgIpc) is 2.48. The molecule has 2 N–H and O–H groups in total. The van der Waals surface area contributed by atoms with Crippen molar-refractivity contribution in [3.8, 4) is 0 Å². The molecule has 2 rings (SSSR count). The van der Waals surface area contributed by atoms with E-state index in [2.05, 4.69) is 10.6 Å². The maximum absolute atomic E-state index is 12.2. The van der Waals surface area contributed by atoms with E-state index in [0.717, 1.165) is 38.8 Å². The minimum atomic E-state index is -3.10. The van der Waals surface area contributed by atoms with Crippen molar-refractivity contribution in [2.24, 2.45) is 5.92 Å². The van der Waals surface area contributed by atoms with Crippen molar-refractivity contribution in [1.29, 1.82) is 0 Å². The zero-order valence-corrected chi connectivity index (χ0v) is 14.8. The molecule has 1 amide bonds. The topological polar surface area (TPSA) is 78.5 Å². The fraction of sp³-hybridized carbons (Fsp3) is 0.929. The summed E-state index contributed by atoms with van der Waals surface area (Å²) < 4.78 is 25.6. The molecule has 0 saturated carbocycles. The Hall–Kier alpha value is -0.370. The Balaban J connectivity index is 0.00000242. The molecule has 6 nitrogen and oxygen atoms in total. The second-order valence-electron chi connectivity index (χ2n) is 6.04. The SMILES string of the molecule is CCCS(=O)(=O)N1CCC(NC(=O)[C@@H]2CCCNC2)CC1.Cl. The van der Waals surface area contributed by atoms with E-state index in [-0.39, 0.29) is 36.0 Å². The van der Waals surface area contributed by atoms with Crippen LogP contribution in [-0.4, -0.2) is 56.6 Å². The van der Waals surface area contributed by atoms with Gasteiger partial charge in [0, 0.05) is 25.7 Å². The number of nitrogens with zero attached hydrogens (tertiary/aromatic N) is 1. The number of nitrogens with one attached hydrogen (secondary N) is 2. The number of hydrogen-bond donors (Lipinski definition) is 2. The molecule has 2 saturated heterocycles. The van der Waals surface area contributed by atoms with Gasteiger partial charge in [0.25, 0.3) is 0 Å². The summed E-state index contributed by atoms with van der Waals surface area (Å²) in [7, 11) is -3.10. The van der Waals surface area contributed by atoms with Crippen molar-refractivity contribution >= 4 is 28.3 Å². The highest BCUT2D eigenvalue weighted by molar-refractivity contribution is 7.89. The molecule has 2 heterocycles. The van der Waals surface area contributed by atoms with E-state index in [1.807, 2.05) is 6.92 Å². The molecule has 0 aliphatic carbocycles. The van der Waals surface area contributed by atoms with E-state index in [9.17, 15) is 13.2 Å². The molecule has 0 aromatic rings. The molecule has 0 bridgehead atoms. The van der Waals surface area contributed by atoms with E-state index >= 15 is 0 Å². The van der Waals surface area contributed by atoms with Crippen LogP contribution in [-0.2, 0) is 14.8 Å². The van der Waals surface area contributed by atoms with Crippen molar-refractivity contribution in [2.45, 2.75) is 45.1 Å². The number of hydrogen-bond acceptors (Lipinski definition) is 4. The van der Waals surface area contributed by atoms with E-state index in [0.29, 0.717) is 19.5 Å². The predicted molar refractivity (Wildman–Crippen MR) is 89.7 cm³/mol. The largest absolute Gasteiger partial charge is 0.353 e. The minimum Gasteiger partial charge on any atom is -0.353 e. The number of carbonyl (C=O) groups excluding carboxylic acids is 1. The number of piperidine rings is 2. The highest BCUT2D eigenvalue weighted by Crippen LogP contribution is 2.17. The predicted octanol–water partition coefficient (Wildman–Crippen LogP) is 0.728. The molecule has 22 heavy (non-hydrogen) atoms. The van der Waals surface area contributed by atoms with Gasteiger partial charge in [-0.1, -0.05) is 6.92 Å². The van der Waals surface area contributed by atoms with Crippen LogP contribution < -0.4 is 10.6 Å². The first-order chi connectivity index (χ1) is 10.0. The summed E-state index contributed by atoms with van der Waals surface area (Å²) in [4.78, 5) is 12.2. The van der Waals surface area contributed by atoms with Gasteiger partial charge in [-0.25, -0.2) is 12.7 Å². The van der Waals surface area contributed by atoms with Gasteiger partial charge in [-0.15, -0.1) is 12.4 Å². The Bertz CT molecular complexity index is 444. The van der Waals surface area contributed by atoms with Crippen LogP contribution in [0, 0.1) is 5.92 Å². The van der Waals surface area contributed by atoms with Crippen molar-refractivity contribution in [3.63, 3.8) is 0 Å². The lowest BCUT2D eigenvalue weighted by molar-refractivity contribution is -0.126. The summed E-state index contributed by atoms with van der Waals surface area (Å²) >= 11 is 0. The van der Waals surface area contributed by atoms with Gasteiger partial charge in [0.1, 0.15) is 0 Å². The summed E-state index contributed by atoms with van der Waals surface area (Å²) in [5.41, 5.74) is 0. The average molecular weight is 354 g/mol. The Morgan fingerprint density at radius 1 is 1.27 bits per heavy atom. The fourth-order valence-electron chi connectivity index (χ4n) is 3.06. The number of amides is 1. The van der Waals surface area contributed by atoms with Crippen molar-refractivity contribution in [1.82, 2.24) is 14.9 Å². The number of sulfonamides is 1. The summed E-state index contributed by atoms with van der Waals surface area (Å²) in [6, 6.07) is 0.118. The van der Waals surface area contributed by atoms with Crippen LogP contribution in [0.15, 0.2) is 0 Å². The minimum absolute atomic E-state index is 0. The van der Waals surface area contributed by atoms with Crippen LogP contribution in [0.5, 0.6) is 0 Å². The van der Waals surface area contributed by atoms with Gasteiger partial charge in [0.2, 0.25) is 15.9 Å². The molecule has 2 aliphatic heterocycles. The molecule has 2 aliphatic rings. The maximum Gasteiger partial charge on any atom is 0.224 e. The second kappa shape index (κ2) is 9.05. The van der Waals surface area contributed by atoms with Gasteiger partial charge in [-0.3, -0.25) is 4.79 Å². The van der Waals surface area contributed by atoms with Crippen molar-refractivity contribution in [3.05, 3.63) is 0 Å². The van der Waals surface area contributed by atoms with E-state index < -0.39 is 10.0 Å². The molecule has 0 unspecified atom stereocenters. The van der Waals surface area contributed by atoms with Gasteiger partial charge in [0.05, 0.1) is 11.7 Å². The van der Waals surface area contributed by atoms with Gasteiger partial charge in [0.15, 0.2) is 0 Å². The Kier molecular flexibility index (Phi) is 8.10. The van der Waals surface area contributed by atoms with Gasteiger partial charge in [-0.05, 0) is 38.6 Å². The summed E-state index contributed by atoms with van der Waals surface area (Å²) in [5, 5.41) is 6.34. The second-order valence-corrected chi connectivity index (χ2v) is 8.13. The Labute approximate surface area is 139 Å². The van der Waals surface area contributed by atoms with Gasteiger partial charge in [-0.2, -0.15) is 0 Å². The van der Waals surface area contributed by atoms with E-state index in [1.165, 1.54) is 0 Å². The van der Waals surface area contributed by atoms with E-state index in [4.69, 9.17) is 0 Å². The fourth-order valence-corrected chi connectivity index (χ4v) is 4.60. The third kappa shape index (κ3) is 5.37. The highest BCUT2D eigenvalue weighted by Gasteiger charge is 2.29. The molecule has 0 radical (unpaired) electrons. The molecule has 8 heteroatoms. The third-order valence-corrected chi connectivity index (χ3v) is 6.40. The number of carbonyl (C=O) groups is 1. The van der Waals surface area contributed by atoms with Crippen LogP contribution in [0.4, 0.5) is 0 Å². The third-order valence-electron chi connectivity index (χ3n) is 4.32. The van der Waals surface area contributed by atoms with E-state index in [1.54, 1.807) is 4.31 Å². The molecular weight excluding hydrogens is 326 g/mol. The first kappa shape index (κ1) is 19.7. The van der Waals surface area contributed by atoms with Crippen LogP contribution in [0.25, 0.3) is 0 Å². The zero-order chi connectivity index (χ0) is 15.3. The Morgan fingerprint density at radius 2 is 1.95 bits per heavy atom. The van der Waals surface area contributed by atoms with Crippen LogP contribution in [0.1, 0.15) is 39.0 Å². The summed E-state index contributed by atoms with van der Waals surface area (Å²) in [6.45, 7) is 4.68. The molecular formula is C14H28ClN3O3S. The molecule has 130 valence electrons. The normalized spacial score (nSPS) is 24.5. The first-order valence-electron chi connectivity index (χ1n) is 8.02. The lowest BCUT2D eigenvalue weighted by atomic mass is 9.97. The summed E-state index contributed by atoms with van der Waals surface area (Å²) in [5.74, 6) is 0.412. The standard InChI is InChI=1S/C14H27N3O3S.ClH/c1-2-10-21(19,20)17-8-5-13(6-9-17)16-14(18)12-4-3-7-15-11-12;/h12-13,15H,2-11H2,1H3,(H,16,18);1H/t12-;/m1./s1. The first-order valence-corrected chi connectivity index (χ1v) is 9.62. The van der Waals surface area contributed by atoms with Crippen LogP contribution in [0.2, 0.25) is 0 Å². The highest BCUT2D eigenvalue weighted by atomic mass is 35.5. The quantitative estimate of drug-likeness (QED) is 0.763. The van der Waals surface area contributed by atoms with Gasteiger partial charge < -0.3 is 10.6 Å². The lowest BCUT2D eigenvalue weighted by Crippen LogP contribution is -2.49. The zero-order valence-electron chi connectivity index (χ0n) is 13.2. The molecule has 0 spiro atoms. The van der Waals surface area contributed by atoms with Crippen molar-refractivity contribution < 1.29 is 13.2 Å². The van der Waals surface area contributed by atoms with Crippen LogP contribution in [0.3, 0.4) is 0 Å². The maximum atomic E-state index is 12.2. The molecule has 0 aromatic heterocycles. The monoisotopic (exact) mass is 353 g/mol. The van der Waals surface area contributed by atoms with Gasteiger partial charge >= 0.3 is 0 Å². The molecule has 0 aromatic carbocycles. The molecule has 1 atom stereocenters. The molecule has 2 fully saturated rings. The number of rotatable bonds is 5. The van der Waals surface area contributed by atoms with Crippen LogP contribution >= 0.6 is 12.4 Å². The smallest absolute Gasteiger partial charge is 0.224 e. The number of halogens is 1. The lowest BCUT2D eigenvalue weighted by Gasteiger charge is -2.32. The Morgan fingerprint density at radius 3 is 2.50 bits per heavy atom. The van der Waals surface area contributed by atoms with Crippen molar-refractivity contribution in [2.75, 3.05) is 31.9 Å².